The molecule has 29 heavy (non-hydrogen) atoms. The molecule has 0 radical (unpaired) electrons. The second-order valence-electron chi connectivity index (χ2n) is 7.14. The Balaban J connectivity index is 2.15. The summed E-state index contributed by atoms with van der Waals surface area (Å²) in [5.74, 6) is 4.03. The van der Waals surface area contributed by atoms with Crippen LogP contribution in [0.15, 0.2) is 12.1 Å². The van der Waals surface area contributed by atoms with Crippen LogP contribution in [0.3, 0.4) is 0 Å². The lowest BCUT2D eigenvalue weighted by Crippen LogP contribution is -2.32. The maximum Gasteiger partial charge on any atom is 0.437 e. The standard InChI is InChI=1S/C21H24F3NO4/c1-14(2)28-20(27)15-7-6-9-17(13-15)29-18-11-10-16(8-4-3-5-12-26)25-19(18)21(22,23)24/h10-12,14-15,17H,3,5-7,9,13H2,1-2H3/t15-,17-/m0/s1. The molecule has 0 saturated heterocycles. The maximum absolute atomic E-state index is 13.5. The molecular weight excluding hydrogens is 387 g/mol. The van der Waals surface area contributed by atoms with Gasteiger partial charge in [-0.25, -0.2) is 4.98 Å². The molecule has 2 rings (SSSR count). The molecule has 0 aromatic carbocycles. The summed E-state index contributed by atoms with van der Waals surface area (Å²) in [6.07, 6.45) is -2.18. The number of pyridine rings is 1. The van der Waals surface area contributed by atoms with E-state index >= 15 is 0 Å². The zero-order chi connectivity index (χ0) is 21.4. The Morgan fingerprint density at radius 2 is 2.10 bits per heavy atom. The van der Waals surface area contributed by atoms with Gasteiger partial charge in [0.1, 0.15) is 12.0 Å². The second-order valence-corrected chi connectivity index (χ2v) is 7.14. The first-order valence-corrected chi connectivity index (χ1v) is 9.58. The number of carbonyl (C=O) groups is 2. The number of nitrogens with zero attached hydrogens (tertiary/aromatic N) is 1. The van der Waals surface area contributed by atoms with E-state index in [4.69, 9.17) is 9.47 Å². The molecule has 8 heteroatoms. The highest BCUT2D eigenvalue weighted by Crippen LogP contribution is 2.37. The molecule has 2 atom stereocenters. The number of alkyl halides is 3. The number of aldehydes is 1. The summed E-state index contributed by atoms with van der Waals surface area (Å²) in [4.78, 5) is 26.0. The van der Waals surface area contributed by atoms with Gasteiger partial charge in [0, 0.05) is 12.8 Å². The number of rotatable bonds is 6. The number of hydrogen-bond donors (Lipinski definition) is 0. The smallest absolute Gasteiger partial charge is 0.437 e. The Bertz CT molecular complexity index is 780. The minimum absolute atomic E-state index is 0.0439. The summed E-state index contributed by atoms with van der Waals surface area (Å²) in [5.41, 5.74) is -1.19. The van der Waals surface area contributed by atoms with E-state index in [1.54, 1.807) is 13.8 Å². The zero-order valence-electron chi connectivity index (χ0n) is 16.4. The van der Waals surface area contributed by atoms with Crippen molar-refractivity contribution in [2.24, 2.45) is 5.92 Å². The molecule has 1 aromatic heterocycles. The van der Waals surface area contributed by atoms with Crippen LogP contribution in [0, 0.1) is 17.8 Å². The Labute approximate surface area is 168 Å². The number of carbonyl (C=O) groups excluding carboxylic acids is 2. The summed E-state index contributed by atoms with van der Waals surface area (Å²) >= 11 is 0. The molecule has 1 heterocycles. The zero-order valence-corrected chi connectivity index (χ0v) is 16.4. The monoisotopic (exact) mass is 411 g/mol. The van der Waals surface area contributed by atoms with E-state index in [1.165, 1.54) is 12.1 Å². The molecule has 0 bridgehead atoms. The van der Waals surface area contributed by atoms with Crippen LogP contribution in [-0.2, 0) is 20.5 Å². The predicted molar refractivity (Wildman–Crippen MR) is 99.0 cm³/mol. The van der Waals surface area contributed by atoms with Crippen molar-refractivity contribution >= 4 is 12.3 Å². The maximum atomic E-state index is 13.5. The highest BCUT2D eigenvalue weighted by atomic mass is 19.4. The van der Waals surface area contributed by atoms with Gasteiger partial charge in [0.25, 0.3) is 0 Å². The lowest BCUT2D eigenvalue weighted by molar-refractivity contribution is -0.155. The lowest BCUT2D eigenvalue weighted by atomic mass is 9.87. The third-order valence-electron chi connectivity index (χ3n) is 4.34. The van der Waals surface area contributed by atoms with Crippen LogP contribution in [0.2, 0.25) is 0 Å². The average molecular weight is 411 g/mol. The third kappa shape index (κ3) is 7.08. The van der Waals surface area contributed by atoms with Crippen molar-refractivity contribution in [2.75, 3.05) is 0 Å². The van der Waals surface area contributed by atoms with E-state index < -0.39 is 18.0 Å². The number of hydrogen-bond acceptors (Lipinski definition) is 5. The van der Waals surface area contributed by atoms with Gasteiger partial charge in [-0.3, -0.25) is 4.79 Å². The molecule has 5 nitrogen and oxygen atoms in total. The van der Waals surface area contributed by atoms with Gasteiger partial charge < -0.3 is 14.3 Å². The fraction of sp³-hybridized carbons (Fsp3) is 0.571. The first-order chi connectivity index (χ1) is 13.7. The molecular formula is C21H24F3NO4. The Morgan fingerprint density at radius 1 is 1.34 bits per heavy atom. The lowest BCUT2D eigenvalue weighted by Gasteiger charge is -2.29. The summed E-state index contributed by atoms with van der Waals surface area (Å²) in [5, 5.41) is 0. The van der Waals surface area contributed by atoms with Gasteiger partial charge in [0.2, 0.25) is 0 Å². The molecule has 0 unspecified atom stereocenters. The van der Waals surface area contributed by atoms with Crippen molar-refractivity contribution < 1.29 is 32.2 Å². The Kier molecular flexibility index (Phi) is 8.06. The van der Waals surface area contributed by atoms with Crippen LogP contribution in [-0.4, -0.2) is 29.4 Å². The molecule has 158 valence electrons. The first-order valence-electron chi connectivity index (χ1n) is 9.58. The molecule has 0 spiro atoms. The van der Waals surface area contributed by atoms with Crippen molar-refractivity contribution in [3.05, 3.63) is 23.5 Å². The van der Waals surface area contributed by atoms with Crippen molar-refractivity contribution in [1.29, 1.82) is 0 Å². The van der Waals surface area contributed by atoms with Crippen molar-refractivity contribution in [3.63, 3.8) is 0 Å². The van der Waals surface area contributed by atoms with Gasteiger partial charge in [-0.2, -0.15) is 13.2 Å². The van der Waals surface area contributed by atoms with Gasteiger partial charge in [-0.15, -0.1) is 0 Å². The molecule has 1 saturated carbocycles. The van der Waals surface area contributed by atoms with Crippen molar-refractivity contribution in [2.45, 2.75) is 70.8 Å². The van der Waals surface area contributed by atoms with E-state index in [9.17, 15) is 22.8 Å². The topological polar surface area (TPSA) is 65.5 Å². The minimum atomic E-state index is -4.71. The van der Waals surface area contributed by atoms with E-state index in [-0.39, 0.29) is 42.3 Å². The Morgan fingerprint density at radius 3 is 2.76 bits per heavy atom. The van der Waals surface area contributed by atoms with Crippen LogP contribution in [0.25, 0.3) is 0 Å². The number of unbranched alkanes of at least 4 members (excludes halogenated alkanes) is 1. The third-order valence-corrected chi connectivity index (χ3v) is 4.34. The normalized spacial score (nSPS) is 19.2. The average Bonchev–Trinajstić information content (AvgIpc) is 2.65. The molecule has 1 aliphatic rings. The first kappa shape index (κ1) is 22.7. The molecule has 1 aliphatic carbocycles. The molecule has 0 amide bonds. The summed E-state index contributed by atoms with van der Waals surface area (Å²) in [7, 11) is 0. The second kappa shape index (κ2) is 10.3. The van der Waals surface area contributed by atoms with Crippen LogP contribution >= 0.6 is 0 Å². The number of aromatic nitrogens is 1. The van der Waals surface area contributed by atoms with Gasteiger partial charge in [-0.1, -0.05) is 5.92 Å². The fourth-order valence-corrected chi connectivity index (χ4v) is 3.07. The summed E-state index contributed by atoms with van der Waals surface area (Å²) in [6, 6.07) is 2.56. The highest BCUT2D eigenvalue weighted by Gasteiger charge is 2.38. The van der Waals surface area contributed by atoms with E-state index in [0.717, 1.165) is 0 Å². The van der Waals surface area contributed by atoms with Gasteiger partial charge in [0.15, 0.2) is 11.4 Å². The molecule has 1 fully saturated rings. The van der Waals surface area contributed by atoms with Gasteiger partial charge in [0.05, 0.1) is 18.1 Å². The SMILES string of the molecule is CC(C)OC(=O)[C@H]1CCC[C@H](Oc2ccc(C#CCCC=O)nc2C(F)(F)F)C1. The number of ether oxygens (including phenoxy) is 2. The predicted octanol–water partition coefficient (Wildman–Crippen LogP) is 4.32. The van der Waals surface area contributed by atoms with Gasteiger partial charge in [-0.05, 0) is 57.6 Å². The van der Waals surface area contributed by atoms with Crippen LogP contribution in [0.4, 0.5) is 13.2 Å². The van der Waals surface area contributed by atoms with Crippen LogP contribution in [0.1, 0.15) is 63.8 Å². The van der Waals surface area contributed by atoms with E-state index in [1.807, 2.05) is 0 Å². The fourth-order valence-electron chi connectivity index (χ4n) is 3.07. The molecule has 0 aliphatic heterocycles. The summed E-state index contributed by atoms with van der Waals surface area (Å²) in [6.45, 7) is 3.50. The van der Waals surface area contributed by atoms with Crippen molar-refractivity contribution in [3.8, 4) is 17.6 Å². The minimum Gasteiger partial charge on any atom is -0.488 e. The number of halogens is 3. The van der Waals surface area contributed by atoms with Crippen LogP contribution in [0.5, 0.6) is 5.75 Å². The van der Waals surface area contributed by atoms with Gasteiger partial charge >= 0.3 is 12.1 Å². The Hall–Kier alpha value is -2.56. The van der Waals surface area contributed by atoms with E-state index in [0.29, 0.717) is 32.0 Å². The molecule has 1 aromatic rings. The number of esters is 1. The quantitative estimate of drug-likeness (QED) is 0.302. The van der Waals surface area contributed by atoms with E-state index in [2.05, 4.69) is 16.8 Å². The highest BCUT2D eigenvalue weighted by molar-refractivity contribution is 5.72. The largest absolute Gasteiger partial charge is 0.488 e. The van der Waals surface area contributed by atoms with Crippen LogP contribution < -0.4 is 4.74 Å². The summed E-state index contributed by atoms with van der Waals surface area (Å²) < 4.78 is 51.2. The van der Waals surface area contributed by atoms with Crippen molar-refractivity contribution in [1.82, 2.24) is 4.98 Å². The molecule has 0 N–H and O–H groups in total.